The van der Waals surface area contributed by atoms with Crippen LogP contribution in [0, 0.1) is 5.92 Å². The maximum atomic E-state index is 11.5. The van der Waals surface area contributed by atoms with Gasteiger partial charge in [-0.3, -0.25) is 4.79 Å². The van der Waals surface area contributed by atoms with Crippen LogP contribution in [0.25, 0.3) is 0 Å². The van der Waals surface area contributed by atoms with Crippen molar-refractivity contribution >= 4 is 21.8 Å². The number of carbonyl (C=O) groups is 1. The van der Waals surface area contributed by atoms with Crippen LogP contribution in [0.15, 0.2) is 0 Å². The standard InChI is InChI=1S/C12H25BrN2O/c1-10(2)11(15(3)4)9-14-12(16)7-5-6-8-13/h10-11H,5-9H2,1-4H3,(H,14,16). The van der Waals surface area contributed by atoms with Crippen LogP contribution in [0.3, 0.4) is 0 Å². The molecule has 0 aromatic carbocycles. The Morgan fingerprint density at radius 2 is 1.94 bits per heavy atom. The Kier molecular flexibility index (Phi) is 8.94. The quantitative estimate of drug-likeness (QED) is 0.550. The Hall–Kier alpha value is -0.0900. The van der Waals surface area contributed by atoms with Crippen molar-refractivity contribution in [2.45, 2.75) is 39.2 Å². The highest BCUT2D eigenvalue weighted by Crippen LogP contribution is 2.06. The average Bonchev–Trinajstić information content (AvgIpc) is 2.17. The fourth-order valence-corrected chi connectivity index (χ4v) is 2.10. The summed E-state index contributed by atoms with van der Waals surface area (Å²) in [5.41, 5.74) is 0. The number of rotatable bonds is 8. The van der Waals surface area contributed by atoms with Gasteiger partial charge >= 0.3 is 0 Å². The van der Waals surface area contributed by atoms with Crippen molar-refractivity contribution in [3.63, 3.8) is 0 Å². The van der Waals surface area contributed by atoms with Crippen molar-refractivity contribution in [2.24, 2.45) is 5.92 Å². The van der Waals surface area contributed by atoms with Crippen LogP contribution in [-0.2, 0) is 4.79 Å². The lowest BCUT2D eigenvalue weighted by Gasteiger charge is -2.28. The van der Waals surface area contributed by atoms with Crippen LogP contribution in [0.4, 0.5) is 0 Å². The third kappa shape index (κ3) is 7.23. The first-order chi connectivity index (χ1) is 7.49. The molecule has 96 valence electrons. The van der Waals surface area contributed by atoms with E-state index in [4.69, 9.17) is 0 Å². The Morgan fingerprint density at radius 1 is 1.31 bits per heavy atom. The van der Waals surface area contributed by atoms with E-state index in [-0.39, 0.29) is 5.91 Å². The highest BCUT2D eigenvalue weighted by Gasteiger charge is 2.16. The van der Waals surface area contributed by atoms with E-state index in [0.29, 0.717) is 18.4 Å². The molecule has 4 heteroatoms. The average molecular weight is 293 g/mol. The Balaban J connectivity index is 3.79. The van der Waals surface area contributed by atoms with Gasteiger partial charge in [-0.2, -0.15) is 0 Å². The molecule has 1 unspecified atom stereocenters. The second-order valence-electron chi connectivity index (χ2n) is 4.73. The highest BCUT2D eigenvalue weighted by atomic mass is 79.9. The molecular weight excluding hydrogens is 268 g/mol. The molecule has 0 fully saturated rings. The lowest BCUT2D eigenvalue weighted by atomic mass is 10.0. The number of hydrogen-bond acceptors (Lipinski definition) is 2. The molecule has 0 saturated heterocycles. The number of halogens is 1. The number of nitrogens with one attached hydrogen (secondary N) is 1. The summed E-state index contributed by atoms with van der Waals surface area (Å²) < 4.78 is 0. The van der Waals surface area contributed by atoms with Gasteiger partial charge in [-0.25, -0.2) is 0 Å². The number of amides is 1. The topological polar surface area (TPSA) is 32.3 Å². The number of nitrogens with zero attached hydrogens (tertiary/aromatic N) is 1. The third-order valence-electron chi connectivity index (χ3n) is 2.73. The minimum Gasteiger partial charge on any atom is -0.355 e. The van der Waals surface area contributed by atoms with Crippen LogP contribution >= 0.6 is 15.9 Å². The zero-order valence-electron chi connectivity index (χ0n) is 10.9. The molecule has 1 atom stereocenters. The molecule has 0 aromatic heterocycles. The van der Waals surface area contributed by atoms with Gasteiger partial charge in [-0.15, -0.1) is 0 Å². The second kappa shape index (κ2) is 8.99. The summed E-state index contributed by atoms with van der Waals surface area (Å²) >= 11 is 3.36. The Morgan fingerprint density at radius 3 is 2.38 bits per heavy atom. The van der Waals surface area contributed by atoms with Gasteiger partial charge in [0.05, 0.1) is 0 Å². The van der Waals surface area contributed by atoms with Crippen LogP contribution in [0.2, 0.25) is 0 Å². The highest BCUT2D eigenvalue weighted by molar-refractivity contribution is 9.09. The maximum absolute atomic E-state index is 11.5. The molecule has 16 heavy (non-hydrogen) atoms. The fourth-order valence-electron chi connectivity index (χ4n) is 1.70. The molecule has 0 aliphatic carbocycles. The minimum absolute atomic E-state index is 0.174. The first-order valence-corrected chi connectivity index (χ1v) is 7.10. The van der Waals surface area contributed by atoms with E-state index in [0.717, 1.165) is 24.7 Å². The zero-order valence-corrected chi connectivity index (χ0v) is 12.5. The smallest absolute Gasteiger partial charge is 0.220 e. The summed E-state index contributed by atoms with van der Waals surface area (Å²) in [6, 6.07) is 0.417. The normalized spacial score (nSPS) is 13.2. The molecule has 0 aliphatic rings. The molecule has 0 spiro atoms. The molecule has 0 aromatic rings. The summed E-state index contributed by atoms with van der Waals surface area (Å²) in [6.45, 7) is 5.11. The molecular formula is C12H25BrN2O. The molecule has 1 amide bonds. The van der Waals surface area contributed by atoms with Crippen molar-refractivity contribution in [1.82, 2.24) is 10.2 Å². The molecule has 0 aliphatic heterocycles. The first kappa shape index (κ1) is 15.9. The molecule has 0 saturated carbocycles. The van der Waals surface area contributed by atoms with Gasteiger partial charge in [0.1, 0.15) is 0 Å². The molecule has 0 rings (SSSR count). The number of hydrogen-bond donors (Lipinski definition) is 1. The van der Waals surface area contributed by atoms with Gasteiger partial charge in [0, 0.05) is 24.3 Å². The Labute approximate surface area is 108 Å². The van der Waals surface area contributed by atoms with Gasteiger partial charge in [0.25, 0.3) is 0 Å². The van der Waals surface area contributed by atoms with E-state index in [1.165, 1.54) is 0 Å². The maximum Gasteiger partial charge on any atom is 0.220 e. The second-order valence-corrected chi connectivity index (χ2v) is 5.52. The van der Waals surface area contributed by atoms with E-state index in [9.17, 15) is 4.79 Å². The molecule has 0 radical (unpaired) electrons. The summed E-state index contributed by atoms with van der Waals surface area (Å²) in [4.78, 5) is 13.7. The monoisotopic (exact) mass is 292 g/mol. The summed E-state index contributed by atoms with van der Waals surface area (Å²) in [5.74, 6) is 0.728. The summed E-state index contributed by atoms with van der Waals surface area (Å²) in [6.07, 6.45) is 2.67. The molecule has 1 N–H and O–H groups in total. The largest absolute Gasteiger partial charge is 0.355 e. The van der Waals surface area contributed by atoms with E-state index in [1.54, 1.807) is 0 Å². The number of likely N-dealkylation sites (N-methyl/N-ethyl adjacent to an activating group) is 1. The fraction of sp³-hybridized carbons (Fsp3) is 0.917. The van der Waals surface area contributed by atoms with Crippen molar-refractivity contribution < 1.29 is 4.79 Å². The zero-order chi connectivity index (χ0) is 12.6. The van der Waals surface area contributed by atoms with Gasteiger partial charge in [0.15, 0.2) is 0 Å². The molecule has 0 bridgehead atoms. The van der Waals surface area contributed by atoms with Crippen molar-refractivity contribution in [1.29, 1.82) is 0 Å². The predicted octanol–water partition coefficient (Wildman–Crippen LogP) is 2.25. The predicted molar refractivity (Wildman–Crippen MR) is 73.0 cm³/mol. The number of carbonyl (C=O) groups excluding carboxylic acids is 1. The summed E-state index contributed by atoms with van der Waals surface area (Å²) in [7, 11) is 4.11. The van der Waals surface area contributed by atoms with Crippen LogP contribution < -0.4 is 5.32 Å². The van der Waals surface area contributed by atoms with E-state index >= 15 is 0 Å². The van der Waals surface area contributed by atoms with Crippen LogP contribution in [-0.4, -0.2) is 42.8 Å². The lowest BCUT2D eigenvalue weighted by molar-refractivity contribution is -0.121. The van der Waals surface area contributed by atoms with Crippen LogP contribution in [0.1, 0.15) is 33.1 Å². The number of alkyl halides is 1. The number of unbranched alkanes of at least 4 members (excludes halogenated alkanes) is 1. The van der Waals surface area contributed by atoms with Crippen molar-refractivity contribution in [2.75, 3.05) is 26.0 Å². The molecule has 0 heterocycles. The van der Waals surface area contributed by atoms with E-state index in [2.05, 4.69) is 54.1 Å². The van der Waals surface area contributed by atoms with E-state index < -0.39 is 0 Å². The van der Waals surface area contributed by atoms with Crippen molar-refractivity contribution in [3.8, 4) is 0 Å². The van der Waals surface area contributed by atoms with Gasteiger partial charge in [-0.05, 0) is 32.9 Å². The molecule has 3 nitrogen and oxygen atoms in total. The minimum atomic E-state index is 0.174. The SMILES string of the molecule is CC(C)C(CNC(=O)CCCCBr)N(C)C. The summed E-state index contributed by atoms with van der Waals surface area (Å²) in [5, 5.41) is 3.99. The lowest BCUT2D eigenvalue weighted by Crippen LogP contribution is -2.43. The van der Waals surface area contributed by atoms with Gasteiger partial charge < -0.3 is 10.2 Å². The first-order valence-electron chi connectivity index (χ1n) is 5.98. The van der Waals surface area contributed by atoms with Crippen LogP contribution in [0.5, 0.6) is 0 Å². The Bertz CT molecular complexity index is 187. The third-order valence-corrected chi connectivity index (χ3v) is 3.29. The van der Waals surface area contributed by atoms with Crippen molar-refractivity contribution in [3.05, 3.63) is 0 Å². The van der Waals surface area contributed by atoms with E-state index in [1.807, 2.05) is 0 Å². The van der Waals surface area contributed by atoms with Gasteiger partial charge in [0.2, 0.25) is 5.91 Å². The van der Waals surface area contributed by atoms with Gasteiger partial charge in [-0.1, -0.05) is 29.8 Å².